The monoisotopic (exact) mass is 429 g/mol. The van der Waals surface area contributed by atoms with Crippen LogP contribution < -0.4 is 11.1 Å². The van der Waals surface area contributed by atoms with E-state index < -0.39 is 0 Å². The summed E-state index contributed by atoms with van der Waals surface area (Å²) in [6, 6.07) is 12.3. The van der Waals surface area contributed by atoms with Crippen LogP contribution in [-0.2, 0) is 17.6 Å². The number of pyridine rings is 1. The molecule has 1 aliphatic heterocycles. The molecule has 0 bridgehead atoms. The van der Waals surface area contributed by atoms with Gasteiger partial charge in [-0.3, -0.25) is 14.7 Å². The molecule has 1 atom stereocenters. The Morgan fingerprint density at radius 1 is 1.22 bits per heavy atom. The number of aryl methyl sites for hydroxylation is 2. The normalized spacial score (nSPS) is 17.0. The summed E-state index contributed by atoms with van der Waals surface area (Å²) in [5, 5.41) is 12.4. The first-order chi connectivity index (χ1) is 15.6. The molecule has 1 saturated heterocycles. The minimum absolute atomic E-state index is 0.0745. The maximum Gasteiger partial charge on any atom is 0.237 e. The van der Waals surface area contributed by atoms with Gasteiger partial charge in [-0.2, -0.15) is 5.26 Å². The first-order valence-corrected chi connectivity index (χ1v) is 11.5. The van der Waals surface area contributed by atoms with Crippen LogP contribution in [0.5, 0.6) is 0 Å². The number of nitrogens with one attached hydrogen (secondary N) is 1. The van der Waals surface area contributed by atoms with Gasteiger partial charge in [-0.15, -0.1) is 0 Å². The molecule has 32 heavy (non-hydrogen) atoms. The second-order valence-electron chi connectivity index (χ2n) is 8.62. The predicted octanol–water partition coefficient (Wildman–Crippen LogP) is 2.80. The Morgan fingerprint density at radius 3 is 2.75 bits per heavy atom. The standard InChI is InChI=1S/C26H31N5O/c1-18(26(32)30-13-3-11-27)31-14-9-20(10-15-31)24-23-8-5-19(17-28)16-22(23)7-6-21-4-2-12-29-25(21)24/h2,4-5,8,12,16,18H,3,6-7,9-11,13-15,27H2,1H3,(H,30,32). The number of nitrogens with zero attached hydrogens (tertiary/aromatic N) is 3. The summed E-state index contributed by atoms with van der Waals surface area (Å²) < 4.78 is 0. The van der Waals surface area contributed by atoms with Crippen molar-refractivity contribution in [3.8, 4) is 6.07 Å². The Kier molecular flexibility index (Phi) is 6.99. The van der Waals surface area contributed by atoms with Crippen LogP contribution in [0.4, 0.5) is 0 Å². The number of nitriles is 1. The zero-order valence-corrected chi connectivity index (χ0v) is 18.7. The van der Waals surface area contributed by atoms with Crippen molar-refractivity contribution >= 4 is 11.5 Å². The lowest BCUT2D eigenvalue weighted by Crippen LogP contribution is -2.47. The topological polar surface area (TPSA) is 95.0 Å². The number of nitrogens with two attached hydrogens (primary N) is 1. The molecule has 6 nitrogen and oxygen atoms in total. The van der Waals surface area contributed by atoms with Gasteiger partial charge in [0.05, 0.1) is 23.4 Å². The van der Waals surface area contributed by atoms with Crippen LogP contribution in [0, 0.1) is 11.3 Å². The summed E-state index contributed by atoms with van der Waals surface area (Å²) in [5.74, 6) is 0.0745. The molecule has 166 valence electrons. The van der Waals surface area contributed by atoms with Crippen molar-refractivity contribution in [2.75, 3.05) is 26.2 Å². The maximum absolute atomic E-state index is 12.5. The molecular weight excluding hydrogens is 398 g/mol. The lowest BCUT2D eigenvalue weighted by atomic mass is 9.88. The maximum atomic E-state index is 12.5. The largest absolute Gasteiger partial charge is 0.355 e. The number of carbonyl (C=O) groups is 1. The lowest BCUT2D eigenvalue weighted by molar-refractivity contribution is -0.126. The second kappa shape index (κ2) is 10.1. The van der Waals surface area contributed by atoms with Gasteiger partial charge >= 0.3 is 0 Å². The van der Waals surface area contributed by atoms with E-state index in [1.54, 1.807) is 0 Å². The molecule has 2 aliphatic rings. The summed E-state index contributed by atoms with van der Waals surface area (Å²) in [7, 11) is 0. The third-order valence-electron chi connectivity index (χ3n) is 6.66. The van der Waals surface area contributed by atoms with Gasteiger partial charge in [0.25, 0.3) is 0 Å². The minimum atomic E-state index is -0.149. The van der Waals surface area contributed by atoms with E-state index in [4.69, 9.17) is 10.7 Å². The molecule has 0 saturated carbocycles. The van der Waals surface area contributed by atoms with Crippen LogP contribution in [0.25, 0.3) is 5.57 Å². The van der Waals surface area contributed by atoms with E-state index in [1.165, 1.54) is 27.8 Å². The molecule has 1 fully saturated rings. The molecule has 0 radical (unpaired) electrons. The number of aromatic nitrogens is 1. The van der Waals surface area contributed by atoms with Crippen molar-refractivity contribution in [3.05, 3.63) is 70.0 Å². The highest BCUT2D eigenvalue weighted by Crippen LogP contribution is 2.38. The highest BCUT2D eigenvalue weighted by atomic mass is 16.2. The van der Waals surface area contributed by atoms with Crippen LogP contribution in [0.1, 0.15) is 54.1 Å². The van der Waals surface area contributed by atoms with Crippen LogP contribution >= 0.6 is 0 Å². The van der Waals surface area contributed by atoms with Gasteiger partial charge < -0.3 is 11.1 Å². The lowest BCUT2D eigenvalue weighted by Gasteiger charge is -2.34. The van der Waals surface area contributed by atoms with E-state index in [0.717, 1.165) is 50.9 Å². The fourth-order valence-electron chi connectivity index (χ4n) is 4.79. The number of carbonyl (C=O) groups excluding carboxylic acids is 1. The zero-order valence-electron chi connectivity index (χ0n) is 18.7. The number of likely N-dealkylation sites (tertiary alicyclic amines) is 1. The van der Waals surface area contributed by atoms with E-state index >= 15 is 0 Å². The molecule has 3 N–H and O–H groups in total. The van der Waals surface area contributed by atoms with E-state index in [0.29, 0.717) is 18.7 Å². The summed E-state index contributed by atoms with van der Waals surface area (Å²) in [6.45, 7) is 4.89. The molecule has 4 rings (SSSR count). The Balaban J connectivity index is 1.61. The van der Waals surface area contributed by atoms with Gasteiger partial charge in [0.2, 0.25) is 5.91 Å². The number of benzene rings is 1. The van der Waals surface area contributed by atoms with Crippen molar-refractivity contribution in [1.29, 1.82) is 5.26 Å². The second-order valence-corrected chi connectivity index (χ2v) is 8.62. The third kappa shape index (κ3) is 4.59. The summed E-state index contributed by atoms with van der Waals surface area (Å²) in [4.78, 5) is 19.5. The molecule has 2 aromatic rings. The van der Waals surface area contributed by atoms with Gasteiger partial charge in [-0.05, 0) is 80.5 Å². The molecule has 2 heterocycles. The van der Waals surface area contributed by atoms with Gasteiger partial charge in [-0.1, -0.05) is 17.7 Å². The van der Waals surface area contributed by atoms with Crippen LogP contribution in [0.15, 0.2) is 42.1 Å². The Morgan fingerprint density at radius 2 is 2.00 bits per heavy atom. The number of hydrogen-bond donors (Lipinski definition) is 2. The van der Waals surface area contributed by atoms with Crippen LogP contribution in [-0.4, -0.2) is 48.0 Å². The Bertz CT molecular complexity index is 1060. The average Bonchev–Trinajstić information content (AvgIpc) is 3.00. The molecule has 1 aliphatic carbocycles. The van der Waals surface area contributed by atoms with Crippen molar-refractivity contribution in [2.45, 2.75) is 45.1 Å². The quantitative estimate of drug-likeness (QED) is 0.713. The highest BCUT2D eigenvalue weighted by Gasteiger charge is 2.28. The minimum Gasteiger partial charge on any atom is -0.355 e. The van der Waals surface area contributed by atoms with E-state index in [9.17, 15) is 10.1 Å². The van der Waals surface area contributed by atoms with E-state index in [1.807, 2.05) is 31.3 Å². The van der Waals surface area contributed by atoms with Crippen molar-refractivity contribution in [2.24, 2.45) is 5.73 Å². The van der Waals surface area contributed by atoms with E-state index in [2.05, 4.69) is 28.4 Å². The average molecular weight is 430 g/mol. The first-order valence-electron chi connectivity index (χ1n) is 11.5. The number of hydrogen-bond acceptors (Lipinski definition) is 5. The Hall–Kier alpha value is -3.01. The Labute approximate surface area is 190 Å². The highest BCUT2D eigenvalue weighted by molar-refractivity contribution is 5.85. The predicted molar refractivity (Wildman–Crippen MR) is 126 cm³/mol. The zero-order chi connectivity index (χ0) is 22.5. The number of rotatable bonds is 5. The smallest absolute Gasteiger partial charge is 0.237 e. The van der Waals surface area contributed by atoms with Crippen LogP contribution in [0.2, 0.25) is 0 Å². The molecule has 1 aromatic heterocycles. The molecular formula is C26H31N5O. The molecule has 0 spiro atoms. The van der Waals surface area contributed by atoms with Gasteiger partial charge in [0.15, 0.2) is 0 Å². The van der Waals surface area contributed by atoms with Crippen LogP contribution in [0.3, 0.4) is 0 Å². The molecule has 1 amide bonds. The molecule has 6 heteroatoms. The molecule has 1 aromatic carbocycles. The number of amides is 1. The fourth-order valence-corrected chi connectivity index (χ4v) is 4.79. The van der Waals surface area contributed by atoms with Gasteiger partial charge in [0.1, 0.15) is 0 Å². The summed E-state index contributed by atoms with van der Waals surface area (Å²) in [6.07, 6.45) is 6.32. The number of fused-ring (bicyclic) bond motifs is 2. The van der Waals surface area contributed by atoms with Gasteiger partial charge in [-0.25, -0.2) is 0 Å². The van der Waals surface area contributed by atoms with Crippen molar-refractivity contribution < 1.29 is 4.79 Å². The van der Waals surface area contributed by atoms with Crippen molar-refractivity contribution in [3.63, 3.8) is 0 Å². The summed E-state index contributed by atoms with van der Waals surface area (Å²) >= 11 is 0. The van der Waals surface area contributed by atoms with E-state index in [-0.39, 0.29) is 11.9 Å². The molecule has 1 unspecified atom stereocenters. The third-order valence-corrected chi connectivity index (χ3v) is 6.66. The van der Waals surface area contributed by atoms with Crippen molar-refractivity contribution in [1.82, 2.24) is 15.2 Å². The van der Waals surface area contributed by atoms with Gasteiger partial charge in [0, 0.05) is 31.4 Å². The summed E-state index contributed by atoms with van der Waals surface area (Å²) in [5.41, 5.74) is 13.6. The first kappa shape index (κ1) is 22.2. The SMILES string of the molecule is CC(C(=O)NCCCN)N1CCC(=C2c3ccc(C#N)cc3CCc3cccnc32)CC1. The fraction of sp³-hybridized carbons (Fsp3) is 0.423. The number of piperidine rings is 1.